The van der Waals surface area contributed by atoms with Gasteiger partial charge in [0.1, 0.15) is 6.17 Å². The number of hydrogen-bond acceptors (Lipinski definition) is 5. The van der Waals surface area contributed by atoms with Crippen molar-refractivity contribution in [3.8, 4) is 0 Å². The maximum Gasteiger partial charge on any atom is 0.238 e. The minimum absolute atomic E-state index is 0.000442. The van der Waals surface area contributed by atoms with Crippen molar-refractivity contribution in [2.24, 2.45) is 5.92 Å². The number of carbonyl (C=O) groups excluding carboxylic acids is 2. The van der Waals surface area contributed by atoms with Gasteiger partial charge in [-0.1, -0.05) is 30.3 Å². The number of likely N-dealkylation sites (N-methyl/N-ethyl adjacent to an activating group) is 1. The van der Waals surface area contributed by atoms with Crippen LogP contribution in [0.1, 0.15) is 5.56 Å². The van der Waals surface area contributed by atoms with Crippen molar-refractivity contribution in [1.82, 2.24) is 15.5 Å². The molecule has 0 bridgehead atoms. The fourth-order valence-corrected chi connectivity index (χ4v) is 3.85. The molecule has 1 saturated heterocycles. The number of carbonyl (C=O) groups is 2. The van der Waals surface area contributed by atoms with Gasteiger partial charge in [0.05, 0.1) is 19.1 Å². The molecule has 0 aromatic heterocycles. The van der Waals surface area contributed by atoms with E-state index in [0.29, 0.717) is 18.9 Å². The molecule has 0 spiro atoms. The first-order valence-electron chi connectivity index (χ1n) is 9.64. The van der Waals surface area contributed by atoms with Crippen LogP contribution in [0.2, 0.25) is 0 Å². The number of benzene rings is 2. The Morgan fingerprint density at radius 1 is 1.17 bits per heavy atom. The lowest BCUT2D eigenvalue weighted by Crippen LogP contribution is -2.58. The Hall–Kier alpha value is -3.16. The molecular weight excluding hydrogens is 366 g/mol. The van der Waals surface area contributed by atoms with Gasteiger partial charge >= 0.3 is 0 Å². The van der Waals surface area contributed by atoms with Crippen molar-refractivity contribution >= 4 is 28.8 Å². The van der Waals surface area contributed by atoms with Gasteiger partial charge in [-0.25, -0.2) is 0 Å². The largest absolute Gasteiger partial charge is 0.343 e. The molecule has 2 amide bonds. The fourth-order valence-electron chi connectivity index (χ4n) is 3.85. The second-order valence-corrected chi connectivity index (χ2v) is 7.54. The zero-order valence-corrected chi connectivity index (χ0v) is 16.6. The van der Waals surface area contributed by atoms with Gasteiger partial charge in [-0.3, -0.25) is 14.9 Å². The van der Waals surface area contributed by atoms with Gasteiger partial charge in [0.25, 0.3) is 0 Å². The predicted octanol–water partition coefficient (Wildman–Crippen LogP) is 1.67. The monoisotopic (exact) mass is 391 g/mol. The molecule has 3 N–H and O–H groups in total. The minimum atomic E-state index is -0.336. The first kappa shape index (κ1) is 19.2. The van der Waals surface area contributed by atoms with E-state index in [4.69, 9.17) is 0 Å². The first-order chi connectivity index (χ1) is 14.0. The summed E-state index contributed by atoms with van der Waals surface area (Å²) in [5.41, 5.74) is 3.58. The highest BCUT2D eigenvalue weighted by atomic mass is 16.2. The minimum Gasteiger partial charge on any atom is -0.343 e. The molecule has 2 aliphatic rings. The summed E-state index contributed by atoms with van der Waals surface area (Å²) in [5, 5.41) is 9.22. The number of amides is 2. The van der Waals surface area contributed by atoms with Crippen molar-refractivity contribution in [3.63, 3.8) is 0 Å². The van der Waals surface area contributed by atoms with Gasteiger partial charge in [-0.05, 0) is 49.5 Å². The summed E-state index contributed by atoms with van der Waals surface area (Å²) in [5.74, 6) is -0.412. The van der Waals surface area contributed by atoms with Gasteiger partial charge in [-0.15, -0.1) is 0 Å². The molecule has 2 aliphatic heterocycles. The molecule has 2 heterocycles. The fraction of sp³-hybridized carbons (Fsp3) is 0.273. The molecule has 2 unspecified atom stereocenters. The maximum absolute atomic E-state index is 12.7. The average Bonchev–Trinajstić information content (AvgIpc) is 3.09. The molecule has 2 atom stereocenters. The third kappa shape index (κ3) is 4.01. The lowest BCUT2D eigenvalue weighted by atomic mass is 9.91. The van der Waals surface area contributed by atoms with Gasteiger partial charge in [-0.2, -0.15) is 0 Å². The Morgan fingerprint density at radius 3 is 2.72 bits per heavy atom. The molecule has 29 heavy (non-hydrogen) atoms. The number of hydrogen-bond donors (Lipinski definition) is 3. The zero-order chi connectivity index (χ0) is 20.4. The highest BCUT2D eigenvalue weighted by Crippen LogP contribution is 2.38. The molecule has 4 rings (SSSR count). The van der Waals surface area contributed by atoms with E-state index in [9.17, 15) is 9.59 Å². The second kappa shape index (κ2) is 8.06. The number of anilines is 2. The molecule has 0 saturated carbocycles. The van der Waals surface area contributed by atoms with Crippen molar-refractivity contribution < 1.29 is 9.59 Å². The lowest BCUT2D eigenvalue weighted by molar-refractivity contribution is -0.125. The molecule has 0 radical (unpaired) electrons. The van der Waals surface area contributed by atoms with Crippen LogP contribution in [0.25, 0.3) is 5.57 Å². The van der Waals surface area contributed by atoms with Crippen molar-refractivity contribution in [2.45, 2.75) is 6.17 Å². The summed E-state index contributed by atoms with van der Waals surface area (Å²) in [7, 11) is 3.71. The number of rotatable bonds is 5. The summed E-state index contributed by atoms with van der Waals surface area (Å²) in [6.07, 6.45) is 1.89. The summed E-state index contributed by atoms with van der Waals surface area (Å²) < 4.78 is 0. The molecule has 2 aromatic carbocycles. The Bertz CT molecular complexity index is 941. The van der Waals surface area contributed by atoms with Crippen LogP contribution in [0.15, 0.2) is 60.8 Å². The van der Waals surface area contributed by atoms with E-state index < -0.39 is 0 Å². The molecule has 1 fully saturated rings. The van der Waals surface area contributed by atoms with E-state index in [1.807, 2.05) is 79.8 Å². The zero-order valence-electron chi connectivity index (χ0n) is 16.6. The quantitative estimate of drug-likeness (QED) is 0.723. The van der Waals surface area contributed by atoms with Crippen LogP contribution >= 0.6 is 0 Å². The Balaban J connectivity index is 1.66. The van der Waals surface area contributed by atoms with Crippen molar-refractivity contribution in [3.05, 3.63) is 66.4 Å². The van der Waals surface area contributed by atoms with Crippen LogP contribution in [0.3, 0.4) is 0 Å². The van der Waals surface area contributed by atoms with E-state index in [1.165, 1.54) is 0 Å². The van der Waals surface area contributed by atoms with E-state index in [1.54, 1.807) is 0 Å². The Labute approximate surface area is 170 Å². The smallest absolute Gasteiger partial charge is 0.238 e. The molecule has 0 aliphatic carbocycles. The number of para-hydroxylation sites is 1. The van der Waals surface area contributed by atoms with Gasteiger partial charge in [0.15, 0.2) is 0 Å². The predicted molar refractivity (Wildman–Crippen MR) is 114 cm³/mol. The van der Waals surface area contributed by atoms with Crippen molar-refractivity contribution in [2.75, 3.05) is 37.5 Å². The summed E-state index contributed by atoms with van der Waals surface area (Å²) in [6.45, 7) is 0.747. The summed E-state index contributed by atoms with van der Waals surface area (Å²) in [6, 6.07) is 17.7. The summed E-state index contributed by atoms with van der Waals surface area (Å²) in [4.78, 5) is 28.8. The van der Waals surface area contributed by atoms with E-state index in [0.717, 1.165) is 16.8 Å². The van der Waals surface area contributed by atoms with Crippen LogP contribution in [0.4, 0.5) is 11.4 Å². The topological polar surface area (TPSA) is 76.7 Å². The molecule has 150 valence electrons. The summed E-state index contributed by atoms with van der Waals surface area (Å²) >= 11 is 0. The van der Waals surface area contributed by atoms with Crippen LogP contribution in [-0.2, 0) is 9.59 Å². The van der Waals surface area contributed by atoms with Crippen LogP contribution < -0.4 is 20.9 Å². The Kier molecular flexibility index (Phi) is 5.33. The van der Waals surface area contributed by atoms with Crippen LogP contribution in [0.5, 0.6) is 0 Å². The van der Waals surface area contributed by atoms with E-state index >= 15 is 0 Å². The number of nitrogens with one attached hydrogen (secondary N) is 3. The van der Waals surface area contributed by atoms with E-state index in [2.05, 4.69) is 20.9 Å². The van der Waals surface area contributed by atoms with Crippen LogP contribution in [0, 0.1) is 5.92 Å². The molecule has 2 aromatic rings. The third-order valence-corrected chi connectivity index (χ3v) is 5.08. The second-order valence-electron chi connectivity index (χ2n) is 7.54. The van der Waals surface area contributed by atoms with Crippen LogP contribution in [-0.4, -0.2) is 50.2 Å². The highest BCUT2D eigenvalue weighted by Gasteiger charge is 2.43. The molecular formula is C22H25N5O2. The standard InChI is InChI=1S/C22H25N5O2/c1-26(2)13-19(28)25-16-8-6-7-15(11-16)18-12-27(17-9-4-3-5-10-17)21-20(18)22(29)24-14-23-21/h3-12,20-21,23H,13-14H2,1-2H3,(H,24,29)(H,25,28). The highest BCUT2D eigenvalue weighted by molar-refractivity contribution is 5.98. The lowest BCUT2D eigenvalue weighted by Gasteiger charge is -2.34. The normalized spacial score (nSPS) is 20.9. The third-order valence-electron chi connectivity index (χ3n) is 5.08. The molecule has 7 nitrogen and oxygen atoms in total. The number of nitrogens with zero attached hydrogens (tertiary/aromatic N) is 2. The first-order valence-corrected chi connectivity index (χ1v) is 9.64. The molecule has 7 heteroatoms. The van der Waals surface area contributed by atoms with Gasteiger partial charge in [0.2, 0.25) is 11.8 Å². The average molecular weight is 391 g/mol. The maximum atomic E-state index is 12.7. The van der Waals surface area contributed by atoms with Gasteiger partial charge < -0.3 is 20.4 Å². The van der Waals surface area contributed by atoms with Crippen molar-refractivity contribution in [1.29, 1.82) is 0 Å². The Morgan fingerprint density at radius 2 is 1.97 bits per heavy atom. The number of fused-ring (bicyclic) bond motifs is 1. The van der Waals surface area contributed by atoms with Gasteiger partial charge in [0, 0.05) is 17.6 Å². The SMILES string of the molecule is CN(C)CC(=O)Nc1cccc(C2=CN(c3ccccc3)C3NCNC(=O)C23)c1. The van der Waals surface area contributed by atoms with E-state index in [-0.39, 0.29) is 23.9 Å².